The van der Waals surface area contributed by atoms with Crippen LogP contribution in [0.25, 0.3) is 0 Å². The van der Waals surface area contributed by atoms with Crippen LogP contribution >= 0.6 is 0 Å². The van der Waals surface area contributed by atoms with Crippen molar-refractivity contribution in [3.05, 3.63) is 0 Å². The van der Waals surface area contributed by atoms with Gasteiger partial charge in [-0.3, -0.25) is 0 Å². The van der Waals surface area contributed by atoms with Gasteiger partial charge >= 0.3 is 0 Å². The molecule has 2 nitrogen and oxygen atoms in total. The quantitative estimate of drug-likeness (QED) is 0.814. The van der Waals surface area contributed by atoms with Crippen LogP contribution in [-0.4, -0.2) is 24.3 Å². The van der Waals surface area contributed by atoms with E-state index in [1.807, 2.05) is 0 Å². The third-order valence-corrected chi connectivity index (χ3v) is 4.55. The molecule has 2 unspecified atom stereocenters. The molecule has 2 rings (SSSR count). The Balaban J connectivity index is 1.78. The molecule has 1 saturated carbocycles. The second-order valence-corrected chi connectivity index (χ2v) is 6.28. The summed E-state index contributed by atoms with van der Waals surface area (Å²) in [6.07, 6.45) is 10.4. The van der Waals surface area contributed by atoms with Gasteiger partial charge in [0, 0.05) is 12.1 Å². The van der Waals surface area contributed by atoms with E-state index in [9.17, 15) is 0 Å². The Labute approximate surface area is 107 Å². The SMILES string of the molecule is CC1CC(N[C@@H](C)C2CCCCC2)CC(C)O1. The first-order chi connectivity index (χ1) is 8.15. The van der Waals surface area contributed by atoms with Crippen LogP contribution in [0.1, 0.15) is 65.7 Å². The van der Waals surface area contributed by atoms with E-state index in [1.54, 1.807) is 0 Å². The first-order valence-corrected chi connectivity index (χ1v) is 7.56. The summed E-state index contributed by atoms with van der Waals surface area (Å²) in [6.45, 7) is 6.80. The van der Waals surface area contributed by atoms with Gasteiger partial charge in [-0.2, -0.15) is 0 Å². The van der Waals surface area contributed by atoms with Crippen LogP contribution in [0.15, 0.2) is 0 Å². The Morgan fingerprint density at radius 1 is 1.00 bits per heavy atom. The maximum Gasteiger partial charge on any atom is 0.0565 e. The second-order valence-electron chi connectivity index (χ2n) is 6.28. The fourth-order valence-corrected chi connectivity index (χ4v) is 3.68. The molecule has 1 heterocycles. The lowest BCUT2D eigenvalue weighted by Gasteiger charge is -2.37. The molecule has 0 amide bonds. The van der Waals surface area contributed by atoms with Gasteiger partial charge in [0.1, 0.15) is 0 Å². The van der Waals surface area contributed by atoms with Crippen LogP contribution in [0.3, 0.4) is 0 Å². The van der Waals surface area contributed by atoms with Crippen molar-refractivity contribution in [2.24, 2.45) is 5.92 Å². The van der Waals surface area contributed by atoms with Gasteiger partial charge in [0.15, 0.2) is 0 Å². The molecule has 100 valence electrons. The first-order valence-electron chi connectivity index (χ1n) is 7.56. The maximum atomic E-state index is 5.80. The van der Waals surface area contributed by atoms with Gasteiger partial charge < -0.3 is 10.1 Å². The van der Waals surface area contributed by atoms with Crippen LogP contribution in [0.5, 0.6) is 0 Å². The van der Waals surface area contributed by atoms with Crippen LogP contribution in [0.2, 0.25) is 0 Å². The Morgan fingerprint density at radius 2 is 1.59 bits per heavy atom. The lowest BCUT2D eigenvalue weighted by Crippen LogP contribution is -2.47. The van der Waals surface area contributed by atoms with Crippen LogP contribution in [0.4, 0.5) is 0 Å². The predicted molar refractivity (Wildman–Crippen MR) is 72.2 cm³/mol. The lowest BCUT2D eigenvalue weighted by atomic mass is 9.84. The average Bonchev–Trinajstić information content (AvgIpc) is 2.28. The molecule has 2 fully saturated rings. The Bertz CT molecular complexity index is 215. The highest BCUT2D eigenvalue weighted by Gasteiger charge is 2.27. The minimum Gasteiger partial charge on any atom is -0.375 e. The van der Waals surface area contributed by atoms with Crippen molar-refractivity contribution in [3.63, 3.8) is 0 Å². The minimum atomic E-state index is 0.426. The molecule has 2 heteroatoms. The second kappa shape index (κ2) is 6.19. The third-order valence-electron chi connectivity index (χ3n) is 4.55. The Hall–Kier alpha value is -0.0800. The van der Waals surface area contributed by atoms with E-state index in [0.29, 0.717) is 24.3 Å². The average molecular weight is 239 g/mol. The van der Waals surface area contributed by atoms with Crippen molar-refractivity contribution in [1.82, 2.24) is 5.32 Å². The maximum absolute atomic E-state index is 5.80. The summed E-state index contributed by atoms with van der Waals surface area (Å²) in [5, 5.41) is 3.87. The molecule has 0 radical (unpaired) electrons. The van der Waals surface area contributed by atoms with E-state index in [0.717, 1.165) is 5.92 Å². The van der Waals surface area contributed by atoms with E-state index in [1.165, 1.54) is 44.9 Å². The number of ether oxygens (including phenoxy) is 1. The molecular weight excluding hydrogens is 210 g/mol. The highest BCUT2D eigenvalue weighted by Crippen LogP contribution is 2.28. The van der Waals surface area contributed by atoms with E-state index in [2.05, 4.69) is 26.1 Å². The van der Waals surface area contributed by atoms with Crippen molar-refractivity contribution >= 4 is 0 Å². The smallest absolute Gasteiger partial charge is 0.0565 e. The fourth-order valence-electron chi connectivity index (χ4n) is 3.68. The lowest BCUT2D eigenvalue weighted by molar-refractivity contribution is -0.0444. The largest absolute Gasteiger partial charge is 0.375 e. The van der Waals surface area contributed by atoms with E-state index >= 15 is 0 Å². The summed E-state index contributed by atoms with van der Waals surface area (Å²) in [4.78, 5) is 0. The molecule has 3 atom stereocenters. The molecule has 0 aromatic rings. The zero-order valence-electron chi connectivity index (χ0n) is 11.7. The van der Waals surface area contributed by atoms with Crippen molar-refractivity contribution in [2.45, 2.75) is 90.0 Å². The molecule has 0 spiro atoms. The van der Waals surface area contributed by atoms with Crippen molar-refractivity contribution in [2.75, 3.05) is 0 Å². The van der Waals surface area contributed by atoms with Crippen molar-refractivity contribution < 1.29 is 4.74 Å². The molecule has 1 saturated heterocycles. The fraction of sp³-hybridized carbons (Fsp3) is 1.00. The van der Waals surface area contributed by atoms with Gasteiger partial charge in [0.05, 0.1) is 12.2 Å². The Kier molecular flexibility index (Phi) is 4.87. The zero-order chi connectivity index (χ0) is 12.3. The molecule has 2 aliphatic rings. The topological polar surface area (TPSA) is 21.3 Å². The van der Waals surface area contributed by atoms with E-state index in [4.69, 9.17) is 4.74 Å². The predicted octanol–water partition coefficient (Wildman–Crippen LogP) is 3.50. The van der Waals surface area contributed by atoms with Crippen molar-refractivity contribution in [3.8, 4) is 0 Å². The summed E-state index contributed by atoms with van der Waals surface area (Å²) >= 11 is 0. The van der Waals surface area contributed by atoms with E-state index < -0.39 is 0 Å². The van der Waals surface area contributed by atoms with Gasteiger partial charge in [0.2, 0.25) is 0 Å². The number of hydrogen-bond donors (Lipinski definition) is 1. The molecule has 0 bridgehead atoms. The summed E-state index contributed by atoms with van der Waals surface area (Å²) in [6, 6.07) is 1.36. The summed E-state index contributed by atoms with van der Waals surface area (Å²) in [5.41, 5.74) is 0. The molecule has 1 aliphatic carbocycles. The minimum absolute atomic E-state index is 0.426. The highest BCUT2D eigenvalue weighted by molar-refractivity contribution is 4.84. The van der Waals surface area contributed by atoms with Crippen LogP contribution in [-0.2, 0) is 4.74 Å². The van der Waals surface area contributed by atoms with Gasteiger partial charge in [-0.1, -0.05) is 19.3 Å². The van der Waals surface area contributed by atoms with E-state index in [-0.39, 0.29) is 0 Å². The molecular formula is C15H29NO. The molecule has 0 aromatic carbocycles. The summed E-state index contributed by atoms with van der Waals surface area (Å²) in [7, 11) is 0. The standard InChI is InChI=1S/C15H29NO/c1-11-9-15(10-12(2)17-11)16-13(3)14-7-5-4-6-8-14/h11-16H,4-10H2,1-3H3/t11?,12?,13-,15?/m0/s1. The van der Waals surface area contributed by atoms with Gasteiger partial charge in [0.25, 0.3) is 0 Å². The third kappa shape index (κ3) is 3.96. The van der Waals surface area contributed by atoms with Crippen molar-refractivity contribution in [1.29, 1.82) is 0 Å². The van der Waals surface area contributed by atoms with Gasteiger partial charge in [-0.05, 0) is 52.4 Å². The highest BCUT2D eigenvalue weighted by atomic mass is 16.5. The number of nitrogens with one attached hydrogen (secondary N) is 1. The first kappa shape index (κ1) is 13.4. The molecule has 17 heavy (non-hydrogen) atoms. The summed E-state index contributed by atoms with van der Waals surface area (Å²) in [5.74, 6) is 0.914. The Morgan fingerprint density at radius 3 is 2.18 bits per heavy atom. The van der Waals surface area contributed by atoms with Gasteiger partial charge in [-0.15, -0.1) is 0 Å². The number of rotatable bonds is 3. The van der Waals surface area contributed by atoms with Gasteiger partial charge in [-0.25, -0.2) is 0 Å². The van der Waals surface area contributed by atoms with Crippen LogP contribution < -0.4 is 5.32 Å². The monoisotopic (exact) mass is 239 g/mol. The normalized spacial score (nSPS) is 37.9. The molecule has 1 N–H and O–H groups in total. The van der Waals surface area contributed by atoms with Crippen LogP contribution in [0, 0.1) is 5.92 Å². The molecule has 1 aliphatic heterocycles. The molecule has 0 aromatic heterocycles. The zero-order valence-corrected chi connectivity index (χ0v) is 11.7. The summed E-state index contributed by atoms with van der Waals surface area (Å²) < 4.78 is 5.80. The number of hydrogen-bond acceptors (Lipinski definition) is 2.